The molecule has 2 aromatic rings. The Bertz CT molecular complexity index is 818. The van der Waals surface area contributed by atoms with E-state index in [4.69, 9.17) is 0 Å². The number of hydrogen-bond acceptors (Lipinski definition) is 3. The highest BCUT2D eigenvalue weighted by Crippen LogP contribution is 2.45. The number of benzene rings is 1. The summed E-state index contributed by atoms with van der Waals surface area (Å²) in [7, 11) is 0. The molecule has 28 heavy (non-hydrogen) atoms. The van der Waals surface area contributed by atoms with Crippen LogP contribution in [0.5, 0.6) is 0 Å². The summed E-state index contributed by atoms with van der Waals surface area (Å²) in [6, 6.07) is 12.3. The van der Waals surface area contributed by atoms with Gasteiger partial charge in [-0.05, 0) is 48.8 Å². The van der Waals surface area contributed by atoms with Gasteiger partial charge in [0.1, 0.15) is 0 Å². The molecule has 0 N–H and O–H groups in total. The number of piperidine rings is 2. The maximum absolute atomic E-state index is 14.0. The summed E-state index contributed by atoms with van der Waals surface area (Å²) in [6.45, 7) is 6.87. The fraction of sp³-hybridized carbons (Fsp3) is 0.478. The minimum Gasteiger partial charge on any atom is -0.339 e. The maximum atomic E-state index is 14.0. The van der Waals surface area contributed by atoms with Crippen molar-refractivity contribution in [1.29, 1.82) is 0 Å². The van der Waals surface area contributed by atoms with Crippen molar-refractivity contribution < 1.29 is 9.18 Å². The van der Waals surface area contributed by atoms with Crippen LogP contribution in [0, 0.1) is 11.2 Å². The van der Waals surface area contributed by atoms with Crippen LogP contribution >= 0.6 is 0 Å². The summed E-state index contributed by atoms with van der Waals surface area (Å²) in [5, 5.41) is 0. The van der Waals surface area contributed by atoms with Crippen molar-refractivity contribution in [3.05, 3.63) is 65.7 Å². The molecule has 1 atom stereocenters. The number of halogens is 1. The molecular formula is C23H28FN3O. The van der Waals surface area contributed by atoms with E-state index in [0.717, 1.165) is 38.7 Å². The molecule has 0 aliphatic carbocycles. The Morgan fingerprint density at radius 3 is 2.64 bits per heavy atom. The highest BCUT2D eigenvalue weighted by molar-refractivity contribution is 5.94. The third kappa shape index (κ3) is 3.81. The lowest BCUT2D eigenvalue weighted by atomic mass is 9.68. The number of amides is 1. The van der Waals surface area contributed by atoms with Crippen LogP contribution in [-0.2, 0) is 0 Å². The van der Waals surface area contributed by atoms with Crippen LogP contribution in [0.2, 0.25) is 0 Å². The Balaban J connectivity index is 1.47. The monoisotopic (exact) mass is 381 g/mol. The van der Waals surface area contributed by atoms with Gasteiger partial charge in [-0.3, -0.25) is 9.78 Å². The summed E-state index contributed by atoms with van der Waals surface area (Å²) in [4.78, 5) is 20.9. The summed E-state index contributed by atoms with van der Waals surface area (Å²) in [5.74, 6) is -0.209. The van der Waals surface area contributed by atoms with Crippen molar-refractivity contribution in [3.63, 3.8) is 0 Å². The molecule has 148 valence electrons. The van der Waals surface area contributed by atoms with E-state index in [1.54, 1.807) is 0 Å². The predicted molar refractivity (Wildman–Crippen MR) is 108 cm³/mol. The van der Waals surface area contributed by atoms with Crippen molar-refractivity contribution in [2.75, 3.05) is 32.7 Å². The van der Waals surface area contributed by atoms with E-state index in [-0.39, 0.29) is 16.9 Å². The lowest BCUT2D eigenvalue weighted by Gasteiger charge is -2.50. The molecule has 2 aliphatic heterocycles. The second kappa shape index (κ2) is 8.00. The van der Waals surface area contributed by atoms with E-state index in [9.17, 15) is 9.18 Å². The first kappa shape index (κ1) is 19.1. The summed E-state index contributed by atoms with van der Waals surface area (Å²) in [6.07, 6.45) is 5.71. The van der Waals surface area contributed by atoms with E-state index in [1.165, 1.54) is 24.2 Å². The number of nitrogens with zero attached hydrogens (tertiary/aromatic N) is 3. The lowest BCUT2D eigenvalue weighted by Crippen LogP contribution is -2.52. The minimum atomic E-state index is -0.535. The molecule has 0 saturated carbocycles. The van der Waals surface area contributed by atoms with Gasteiger partial charge < -0.3 is 9.80 Å². The molecule has 0 unspecified atom stereocenters. The molecule has 4 rings (SSSR count). The normalized spacial score (nSPS) is 22.4. The second-order valence-corrected chi connectivity index (χ2v) is 8.29. The van der Waals surface area contributed by atoms with Crippen molar-refractivity contribution >= 4 is 5.91 Å². The molecule has 0 bridgehead atoms. The topological polar surface area (TPSA) is 36.4 Å². The zero-order valence-electron chi connectivity index (χ0n) is 16.5. The van der Waals surface area contributed by atoms with Crippen LogP contribution in [0.1, 0.15) is 48.0 Å². The Kier molecular flexibility index (Phi) is 5.44. The Morgan fingerprint density at radius 2 is 1.96 bits per heavy atom. The molecule has 2 fully saturated rings. The smallest absolute Gasteiger partial charge is 0.256 e. The van der Waals surface area contributed by atoms with Gasteiger partial charge in [-0.15, -0.1) is 0 Å². The van der Waals surface area contributed by atoms with Gasteiger partial charge in [0, 0.05) is 32.4 Å². The van der Waals surface area contributed by atoms with Crippen molar-refractivity contribution in [2.45, 2.75) is 32.1 Å². The molecule has 1 aromatic carbocycles. The number of aromatic nitrogens is 1. The molecule has 5 heteroatoms. The van der Waals surface area contributed by atoms with Gasteiger partial charge in [0.15, 0.2) is 5.82 Å². The van der Waals surface area contributed by atoms with Crippen molar-refractivity contribution in [3.8, 4) is 0 Å². The zero-order valence-corrected chi connectivity index (χ0v) is 16.5. The van der Waals surface area contributed by atoms with Crippen LogP contribution in [0.15, 0.2) is 48.8 Å². The van der Waals surface area contributed by atoms with Gasteiger partial charge >= 0.3 is 0 Å². The van der Waals surface area contributed by atoms with Crippen molar-refractivity contribution in [1.82, 2.24) is 14.8 Å². The standard InChI is InChI=1S/C23H28FN3O/c1-2-26-16-19(18-6-4-3-5-7-18)14-23(17-26)9-12-27(13-10-23)22(28)20-8-11-25-15-21(20)24/h3-8,11,15,19H,2,9-10,12-14,16-17H2,1H3/t19-/m0/s1. The van der Waals surface area contributed by atoms with Crippen molar-refractivity contribution in [2.24, 2.45) is 5.41 Å². The van der Waals surface area contributed by atoms with Crippen LogP contribution < -0.4 is 0 Å². The fourth-order valence-corrected chi connectivity index (χ4v) is 4.96. The Morgan fingerprint density at radius 1 is 1.21 bits per heavy atom. The second-order valence-electron chi connectivity index (χ2n) is 8.29. The van der Waals surface area contributed by atoms with E-state index < -0.39 is 5.82 Å². The molecular weight excluding hydrogens is 353 g/mol. The van der Waals surface area contributed by atoms with Gasteiger partial charge in [0.2, 0.25) is 0 Å². The van der Waals surface area contributed by atoms with E-state index in [1.807, 2.05) is 4.90 Å². The average Bonchev–Trinajstić information content (AvgIpc) is 2.74. The van der Waals surface area contributed by atoms with Gasteiger partial charge in [0.25, 0.3) is 5.91 Å². The first-order valence-corrected chi connectivity index (χ1v) is 10.3. The molecule has 1 amide bonds. The number of rotatable bonds is 3. The van der Waals surface area contributed by atoms with Crippen LogP contribution in [0.3, 0.4) is 0 Å². The molecule has 2 aliphatic rings. The number of carbonyl (C=O) groups excluding carboxylic acids is 1. The minimum absolute atomic E-state index is 0.131. The lowest BCUT2D eigenvalue weighted by molar-refractivity contribution is 0.0156. The molecule has 3 heterocycles. The van der Waals surface area contributed by atoms with E-state index in [2.05, 4.69) is 47.1 Å². The highest BCUT2D eigenvalue weighted by atomic mass is 19.1. The zero-order chi connectivity index (χ0) is 19.6. The SMILES string of the molecule is CCN1C[C@@H](c2ccccc2)CC2(CCN(C(=O)c3ccncc3F)CC2)C1. The quantitative estimate of drug-likeness (QED) is 0.808. The highest BCUT2D eigenvalue weighted by Gasteiger charge is 2.42. The molecule has 0 radical (unpaired) electrons. The summed E-state index contributed by atoms with van der Waals surface area (Å²) < 4.78 is 14.0. The molecule has 1 aromatic heterocycles. The number of likely N-dealkylation sites (N-methyl/N-ethyl adjacent to an activating group) is 1. The van der Waals surface area contributed by atoms with E-state index in [0.29, 0.717) is 19.0 Å². The average molecular weight is 381 g/mol. The number of pyridine rings is 1. The number of carbonyl (C=O) groups is 1. The molecule has 2 saturated heterocycles. The van der Waals surface area contributed by atoms with Gasteiger partial charge in [-0.2, -0.15) is 0 Å². The number of hydrogen-bond donors (Lipinski definition) is 0. The Labute approximate surface area is 166 Å². The molecule has 4 nitrogen and oxygen atoms in total. The first-order valence-electron chi connectivity index (χ1n) is 10.3. The van der Waals surface area contributed by atoms with Crippen LogP contribution in [0.4, 0.5) is 4.39 Å². The van der Waals surface area contributed by atoms with Crippen LogP contribution in [-0.4, -0.2) is 53.4 Å². The predicted octanol–water partition coefficient (Wildman–Crippen LogP) is 3.95. The van der Waals surface area contributed by atoms with Gasteiger partial charge in [-0.25, -0.2) is 4.39 Å². The Hall–Kier alpha value is -2.27. The maximum Gasteiger partial charge on any atom is 0.256 e. The third-order valence-electron chi connectivity index (χ3n) is 6.55. The summed E-state index contributed by atoms with van der Waals surface area (Å²) in [5.41, 5.74) is 1.78. The number of likely N-dealkylation sites (tertiary alicyclic amines) is 2. The summed E-state index contributed by atoms with van der Waals surface area (Å²) >= 11 is 0. The van der Waals surface area contributed by atoms with E-state index >= 15 is 0 Å². The fourth-order valence-electron chi connectivity index (χ4n) is 4.96. The largest absolute Gasteiger partial charge is 0.339 e. The van der Waals surface area contributed by atoms with Crippen LogP contribution in [0.25, 0.3) is 0 Å². The van der Waals surface area contributed by atoms with Gasteiger partial charge in [0.05, 0.1) is 11.8 Å². The molecule has 1 spiro atoms. The first-order chi connectivity index (χ1) is 13.6. The van der Waals surface area contributed by atoms with Gasteiger partial charge in [-0.1, -0.05) is 37.3 Å². The third-order valence-corrected chi connectivity index (χ3v) is 6.55.